The van der Waals surface area contributed by atoms with Gasteiger partial charge in [0, 0.05) is 27.6 Å². The first kappa shape index (κ1) is 18.9. The maximum atomic E-state index is 12.5. The summed E-state index contributed by atoms with van der Waals surface area (Å²) in [5.41, 5.74) is 3.23. The number of hydrogen-bond donors (Lipinski definition) is 2. The molecule has 5 nitrogen and oxygen atoms in total. The molecule has 0 spiro atoms. The number of aromatic amines is 1. The molecule has 0 radical (unpaired) electrons. The summed E-state index contributed by atoms with van der Waals surface area (Å²) in [6.45, 7) is 4.77. The molecule has 2 aromatic carbocycles. The molecule has 2 N–H and O–H groups in total. The third-order valence-electron chi connectivity index (χ3n) is 4.19. The molecule has 0 bridgehead atoms. The number of hydrogen-bond acceptors (Lipinski definition) is 3. The number of aryl methyl sites for hydroxylation is 1. The molecule has 0 unspecified atom stereocenters. The zero-order valence-corrected chi connectivity index (χ0v) is 17.1. The Morgan fingerprint density at radius 2 is 1.88 bits per heavy atom. The highest BCUT2D eigenvalue weighted by Crippen LogP contribution is 2.26. The Balaban J connectivity index is 1.71. The van der Waals surface area contributed by atoms with Gasteiger partial charge < -0.3 is 9.72 Å². The second-order valence-corrected chi connectivity index (χ2v) is 8.65. The lowest BCUT2D eigenvalue weighted by Gasteiger charge is -2.08. The summed E-state index contributed by atoms with van der Waals surface area (Å²) in [7, 11) is -3.54. The molecule has 3 rings (SSSR count). The fourth-order valence-corrected chi connectivity index (χ4v) is 4.35. The number of nitrogens with one attached hydrogen (secondary N) is 2. The molecule has 0 amide bonds. The summed E-state index contributed by atoms with van der Waals surface area (Å²) in [5.74, 6) is 0.659. The van der Waals surface area contributed by atoms with Crippen LogP contribution >= 0.6 is 15.9 Å². The highest BCUT2D eigenvalue weighted by atomic mass is 79.9. The van der Waals surface area contributed by atoms with E-state index in [1.165, 1.54) is 0 Å². The zero-order chi connectivity index (χ0) is 18.7. The van der Waals surface area contributed by atoms with E-state index in [9.17, 15) is 8.42 Å². The van der Waals surface area contributed by atoms with Crippen LogP contribution in [0, 0.1) is 6.92 Å². The van der Waals surface area contributed by atoms with Gasteiger partial charge in [-0.25, -0.2) is 13.1 Å². The van der Waals surface area contributed by atoms with Crippen LogP contribution in [0.15, 0.2) is 51.8 Å². The van der Waals surface area contributed by atoms with E-state index in [-0.39, 0.29) is 4.90 Å². The van der Waals surface area contributed by atoms with E-state index in [4.69, 9.17) is 4.74 Å². The molecule has 138 valence electrons. The van der Waals surface area contributed by atoms with Crippen LogP contribution in [0.4, 0.5) is 0 Å². The minimum absolute atomic E-state index is 0.236. The van der Waals surface area contributed by atoms with E-state index in [0.717, 1.165) is 26.6 Å². The van der Waals surface area contributed by atoms with Crippen molar-refractivity contribution in [2.75, 3.05) is 13.2 Å². The molecule has 0 fully saturated rings. The van der Waals surface area contributed by atoms with Gasteiger partial charge in [-0.3, -0.25) is 0 Å². The number of aromatic nitrogens is 1. The molecule has 7 heteroatoms. The van der Waals surface area contributed by atoms with Gasteiger partial charge in [0.25, 0.3) is 0 Å². The van der Waals surface area contributed by atoms with E-state index in [1.807, 2.05) is 26.0 Å². The van der Waals surface area contributed by atoms with Gasteiger partial charge in [-0.15, -0.1) is 0 Å². The van der Waals surface area contributed by atoms with Gasteiger partial charge in [-0.1, -0.05) is 15.9 Å². The summed E-state index contributed by atoms with van der Waals surface area (Å²) in [4.78, 5) is 3.58. The monoisotopic (exact) mass is 436 g/mol. The number of H-pyrrole nitrogens is 1. The van der Waals surface area contributed by atoms with Crippen molar-refractivity contribution in [2.45, 2.75) is 25.2 Å². The summed E-state index contributed by atoms with van der Waals surface area (Å²) in [5, 5.41) is 1.11. The van der Waals surface area contributed by atoms with Crippen LogP contribution in [0.2, 0.25) is 0 Å². The van der Waals surface area contributed by atoms with Gasteiger partial charge in [-0.2, -0.15) is 0 Å². The van der Waals surface area contributed by atoms with Crippen molar-refractivity contribution < 1.29 is 13.2 Å². The van der Waals surface area contributed by atoms with Gasteiger partial charge in [-0.05, 0) is 68.3 Å². The van der Waals surface area contributed by atoms with Gasteiger partial charge in [0.15, 0.2) is 0 Å². The molecule has 1 heterocycles. The minimum atomic E-state index is -3.54. The van der Waals surface area contributed by atoms with Crippen molar-refractivity contribution in [3.05, 3.63) is 58.2 Å². The van der Waals surface area contributed by atoms with E-state index >= 15 is 0 Å². The second kappa shape index (κ2) is 7.82. The quantitative estimate of drug-likeness (QED) is 0.583. The highest BCUT2D eigenvalue weighted by molar-refractivity contribution is 9.10. The first-order valence-electron chi connectivity index (χ1n) is 8.40. The van der Waals surface area contributed by atoms with Crippen LogP contribution in [0.5, 0.6) is 5.75 Å². The molecule has 0 aliphatic carbocycles. The Morgan fingerprint density at radius 3 is 2.58 bits per heavy atom. The summed E-state index contributed by atoms with van der Waals surface area (Å²) in [6.07, 6.45) is 0.610. The van der Waals surface area contributed by atoms with Gasteiger partial charge >= 0.3 is 0 Å². The Kier molecular flexibility index (Phi) is 5.70. The molecule has 3 aromatic rings. The first-order valence-corrected chi connectivity index (χ1v) is 10.7. The van der Waals surface area contributed by atoms with Crippen molar-refractivity contribution in [1.29, 1.82) is 0 Å². The van der Waals surface area contributed by atoms with Crippen molar-refractivity contribution in [1.82, 2.24) is 9.71 Å². The maximum absolute atomic E-state index is 12.5. The summed E-state index contributed by atoms with van der Waals surface area (Å²) < 4.78 is 34.0. The molecule has 0 aliphatic heterocycles. The Bertz CT molecular complexity index is 1010. The van der Waals surface area contributed by atoms with Crippen LogP contribution in [-0.4, -0.2) is 26.6 Å². The normalized spacial score (nSPS) is 11.8. The predicted molar refractivity (Wildman–Crippen MR) is 107 cm³/mol. The smallest absolute Gasteiger partial charge is 0.240 e. The number of fused-ring (bicyclic) bond motifs is 1. The standard InChI is InChI=1S/C19H21BrN2O3S/c1-3-25-15-5-7-16(8-6-15)26(23,24)21-11-10-17-13(2)22-19-9-4-14(20)12-18(17)19/h4-9,12,21-22H,3,10-11H2,1-2H3. The first-order chi connectivity index (χ1) is 12.4. The summed E-state index contributed by atoms with van der Waals surface area (Å²) >= 11 is 3.49. The van der Waals surface area contributed by atoms with Crippen molar-refractivity contribution in [3.63, 3.8) is 0 Å². The van der Waals surface area contributed by atoms with E-state index in [2.05, 4.69) is 31.7 Å². The number of ether oxygens (including phenoxy) is 1. The van der Waals surface area contributed by atoms with E-state index in [0.29, 0.717) is 25.3 Å². The minimum Gasteiger partial charge on any atom is -0.494 e. The van der Waals surface area contributed by atoms with Crippen LogP contribution in [0.1, 0.15) is 18.2 Å². The maximum Gasteiger partial charge on any atom is 0.240 e. The Labute approximate surface area is 161 Å². The van der Waals surface area contributed by atoms with Gasteiger partial charge in [0.2, 0.25) is 10.0 Å². The Morgan fingerprint density at radius 1 is 1.15 bits per heavy atom. The SMILES string of the molecule is CCOc1ccc(S(=O)(=O)NCCc2c(C)[nH]c3ccc(Br)cc23)cc1. The fourth-order valence-electron chi connectivity index (χ4n) is 2.95. The topological polar surface area (TPSA) is 71.2 Å². The van der Waals surface area contributed by atoms with Crippen molar-refractivity contribution in [2.24, 2.45) is 0 Å². The lowest BCUT2D eigenvalue weighted by Crippen LogP contribution is -2.26. The van der Waals surface area contributed by atoms with E-state index in [1.54, 1.807) is 24.3 Å². The van der Waals surface area contributed by atoms with Gasteiger partial charge in [0.1, 0.15) is 5.75 Å². The molecular weight excluding hydrogens is 416 g/mol. The highest BCUT2D eigenvalue weighted by Gasteiger charge is 2.15. The third kappa shape index (κ3) is 4.11. The largest absolute Gasteiger partial charge is 0.494 e. The summed E-state index contributed by atoms with van der Waals surface area (Å²) in [6, 6.07) is 12.5. The lowest BCUT2D eigenvalue weighted by atomic mass is 10.1. The van der Waals surface area contributed by atoms with Crippen LogP contribution < -0.4 is 9.46 Å². The van der Waals surface area contributed by atoms with Crippen LogP contribution in [0.25, 0.3) is 10.9 Å². The average Bonchev–Trinajstić information content (AvgIpc) is 2.91. The lowest BCUT2D eigenvalue weighted by molar-refractivity contribution is 0.340. The fraction of sp³-hybridized carbons (Fsp3) is 0.263. The van der Waals surface area contributed by atoms with Crippen molar-refractivity contribution >= 4 is 36.9 Å². The second-order valence-electron chi connectivity index (χ2n) is 5.97. The van der Waals surface area contributed by atoms with Gasteiger partial charge in [0.05, 0.1) is 11.5 Å². The third-order valence-corrected chi connectivity index (χ3v) is 6.16. The Hall–Kier alpha value is -1.83. The molecule has 0 saturated heterocycles. The average molecular weight is 437 g/mol. The number of benzene rings is 2. The molecule has 1 aromatic heterocycles. The number of sulfonamides is 1. The predicted octanol–water partition coefficient (Wildman–Crippen LogP) is 4.16. The molecule has 0 aliphatic rings. The number of rotatable bonds is 7. The molecule has 26 heavy (non-hydrogen) atoms. The molecular formula is C19H21BrN2O3S. The number of halogens is 1. The zero-order valence-electron chi connectivity index (χ0n) is 14.7. The van der Waals surface area contributed by atoms with Crippen molar-refractivity contribution in [3.8, 4) is 5.75 Å². The van der Waals surface area contributed by atoms with Crippen LogP contribution in [-0.2, 0) is 16.4 Å². The van der Waals surface area contributed by atoms with E-state index < -0.39 is 10.0 Å². The van der Waals surface area contributed by atoms with Crippen LogP contribution in [0.3, 0.4) is 0 Å². The molecule has 0 atom stereocenters. The molecule has 0 saturated carbocycles.